The van der Waals surface area contributed by atoms with Gasteiger partial charge in [0.15, 0.2) is 0 Å². The van der Waals surface area contributed by atoms with E-state index in [2.05, 4.69) is 15.9 Å². The van der Waals surface area contributed by atoms with Gasteiger partial charge in [-0.25, -0.2) is 0 Å². The van der Waals surface area contributed by atoms with Gasteiger partial charge >= 0.3 is 5.97 Å². The minimum atomic E-state index is -0.961. The molecule has 0 radical (unpaired) electrons. The van der Waals surface area contributed by atoms with Crippen molar-refractivity contribution in [3.8, 4) is 6.07 Å². The zero-order chi connectivity index (χ0) is 10.7. The van der Waals surface area contributed by atoms with Crippen LogP contribution in [0.2, 0.25) is 5.02 Å². The Labute approximate surface area is 94.0 Å². The van der Waals surface area contributed by atoms with Crippen LogP contribution in [0.4, 0.5) is 0 Å². The van der Waals surface area contributed by atoms with Crippen LogP contribution in [0.3, 0.4) is 0 Å². The van der Waals surface area contributed by atoms with E-state index >= 15 is 0 Å². The highest BCUT2D eigenvalue weighted by Crippen LogP contribution is 2.28. The van der Waals surface area contributed by atoms with Gasteiger partial charge in [-0.05, 0) is 33.6 Å². The van der Waals surface area contributed by atoms with Crippen molar-refractivity contribution in [3.05, 3.63) is 32.8 Å². The Kier molecular flexibility index (Phi) is 3.50. The molecule has 0 bridgehead atoms. The topological polar surface area (TPSA) is 61.1 Å². The number of carbonyl (C=O) groups is 1. The summed E-state index contributed by atoms with van der Waals surface area (Å²) in [5, 5.41) is 17.6. The van der Waals surface area contributed by atoms with Crippen molar-refractivity contribution < 1.29 is 9.90 Å². The van der Waals surface area contributed by atoms with E-state index in [4.69, 9.17) is 22.0 Å². The number of hydrogen-bond donors (Lipinski definition) is 1. The first-order chi connectivity index (χ1) is 6.54. The van der Waals surface area contributed by atoms with Crippen LogP contribution in [-0.2, 0) is 11.2 Å². The maximum absolute atomic E-state index is 10.5. The highest BCUT2D eigenvalue weighted by Gasteiger charge is 2.10. The predicted molar refractivity (Wildman–Crippen MR) is 55.2 cm³/mol. The number of nitriles is 1. The molecule has 5 heteroatoms. The van der Waals surface area contributed by atoms with Crippen LogP contribution in [0.5, 0.6) is 0 Å². The lowest BCUT2D eigenvalue weighted by Crippen LogP contribution is -2.01. The smallest absolute Gasteiger partial charge is 0.307 e. The summed E-state index contributed by atoms with van der Waals surface area (Å²) in [5.74, 6) is -0.961. The van der Waals surface area contributed by atoms with Crippen molar-refractivity contribution >= 4 is 33.5 Å². The van der Waals surface area contributed by atoms with Gasteiger partial charge in [0.25, 0.3) is 0 Å². The van der Waals surface area contributed by atoms with Crippen LogP contribution < -0.4 is 0 Å². The molecule has 0 heterocycles. The number of nitrogens with zero attached hydrogens (tertiary/aromatic N) is 1. The minimum Gasteiger partial charge on any atom is -0.481 e. The maximum atomic E-state index is 10.5. The fraction of sp³-hybridized carbons (Fsp3) is 0.111. The molecule has 72 valence electrons. The average molecular weight is 275 g/mol. The molecule has 0 aliphatic carbocycles. The number of halogens is 2. The van der Waals surface area contributed by atoms with Crippen LogP contribution in [0.1, 0.15) is 11.1 Å². The van der Waals surface area contributed by atoms with Crippen LogP contribution in [-0.4, -0.2) is 11.1 Å². The molecule has 1 N–H and O–H groups in total. The van der Waals surface area contributed by atoms with E-state index in [-0.39, 0.29) is 6.42 Å². The number of carboxylic acid groups (broad SMARTS) is 1. The standard InChI is InChI=1S/C9H5BrClNO2/c10-9-6(3-8(13)14)1-5(4-12)2-7(9)11/h1-2H,3H2,(H,13,14). The maximum Gasteiger partial charge on any atom is 0.307 e. The third kappa shape index (κ3) is 2.47. The molecule has 0 aromatic heterocycles. The van der Waals surface area contributed by atoms with Gasteiger partial charge in [-0.1, -0.05) is 11.6 Å². The molecule has 0 saturated carbocycles. The first-order valence-corrected chi connectivity index (χ1v) is 4.81. The molecule has 0 fully saturated rings. The molecule has 14 heavy (non-hydrogen) atoms. The third-order valence-electron chi connectivity index (χ3n) is 1.57. The number of hydrogen-bond acceptors (Lipinski definition) is 2. The lowest BCUT2D eigenvalue weighted by molar-refractivity contribution is -0.136. The minimum absolute atomic E-state index is 0.157. The molecule has 1 aromatic carbocycles. The molecule has 3 nitrogen and oxygen atoms in total. The number of rotatable bonds is 2. The zero-order valence-corrected chi connectivity index (χ0v) is 9.26. The number of aliphatic carboxylic acids is 1. The van der Waals surface area contributed by atoms with Crippen molar-refractivity contribution in [1.29, 1.82) is 5.26 Å². The number of benzene rings is 1. The molecule has 1 rings (SSSR count). The fourth-order valence-corrected chi connectivity index (χ4v) is 1.61. The summed E-state index contributed by atoms with van der Waals surface area (Å²) in [6, 6.07) is 4.90. The summed E-state index contributed by atoms with van der Waals surface area (Å²) in [5.41, 5.74) is 0.857. The highest BCUT2D eigenvalue weighted by atomic mass is 79.9. The molecule has 0 aliphatic rings. The van der Waals surface area contributed by atoms with Gasteiger partial charge in [-0.2, -0.15) is 5.26 Å². The van der Waals surface area contributed by atoms with E-state index in [9.17, 15) is 4.79 Å². The molecule has 0 spiro atoms. The van der Waals surface area contributed by atoms with Gasteiger partial charge in [0, 0.05) is 4.47 Å². The molecular formula is C9H5BrClNO2. The molecule has 1 aromatic rings. The van der Waals surface area contributed by atoms with Crippen LogP contribution >= 0.6 is 27.5 Å². The van der Waals surface area contributed by atoms with E-state index in [1.165, 1.54) is 12.1 Å². The van der Waals surface area contributed by atoms with Crippen LogP contribution in [0.25, 0.3) is 0 Å². The van der Waals surface area contributed by atoms with Crippen molar-refractivity contribution in [2.75, 3.05) is 0 Å². The fourth-order valence-electron chi connectivity index (χ4n) is 1.00. The molecule has 0 unspecified atom stereocenters. The Morgan fingerprint density at radius 1 is 1.64 bits per heavy atom. The van der Waals surface area contributed by atoms with Gasteiger partial charge in [0.05, 0.1) is 23.1 Å². The molecule has 0 atom stereocenters. The van der Waals surface area contributed by atoms with E-state index < -0.39 is 5.97 Å². The second-order valence-corrected chi connectivity index (χ2v) is 3.81. The van der Waals surface area contributed by atoms with Crippen molar-refractivity contribution in [2.24, 2.45) is 0 Å². The largest absolute Gasteiger partial charge is 0.481 e. The molecule has 0 saturated heterocycles. The Balaban J connectivity index is 3.21. The first kappa shape index (κ1) is 11.0. The third-order valence-corrected chi connectivity index (χ3v) is 3.04. The Hall–Kier alpha value is -1.05. The average Bonchev–Trinajstić information content (AvgIpc) is 2.11. The summed E-state index contributed by atoms with van der Waals surface area (Å²) >= 11 is 8.96. The highest BCUT2D eigenvalue weighted by molar-refractivity contribution is 9.10. The van der Waals surface area contributed by atoms with Crippen molar-refractivity contribution in [2.45, 2.75) is 6.42 Å². The number of carboxylic acids is 1. The summed E-state index contributed by atoms with van der Waals surface area (Å²) in [4.78, 5) is 10.5. The van der Waals surface area contributed by atoms with Crippen molar-refractivity contribution in [1.82, 2.24) is 0 Å². The molecule has 0 amide bonds. The van der Waals surface area contributed by atoms with Gasteiger partial charge < -0.3 is 5.11 Å². The normalized spacial score (nSPS) is 9.50. The monoisotopic (exact) mass is 273 g/mol. The van der Waals surface area contributed by atoms with Gasteiger partial charge in [-0.15, -0.1) is 0 Å². The van der Waals surface area contributed by atoms with E-state index in [0.717, 1.165) is 0 Å². The SMILES string of the molecule is N#Cc1cc(Cl)c(Br)c(CC(=O)O)c1. The first-order valence-electron chi connectivity index (χ1n) is 3.64. The Morgan fingerprint density at radius 3 is 2.79 bits per heavy atom. The Bertz CT molecular complexity index is 426. The van der Waals surface area contributed by atoms with E-state index in [0.29, 0.717) is 20.6 Å². The van der Waals surface area contributed by atoms with E-state index in [1.54, 1.807) is 0 Å². The quantitative estimate of drug-likeness (QED) is 0.901. The second-order valence-electron chi connectivity index (χ2n) is 2.61. The Morgan fingerprint density at radius 2 is 2.29 bits per heavy atom. The van der Waals surface area contributed by atoms with Crippen LogP contribution in [0.15, 0.2) is 16.6 Å². The summed E-state index contributed by atoms with van der Waals surface area (Å²) in [6.07, 6.45) is -0.157. The zero-order valence-electron chi connectivity index (χ0n) is 6.92. The van der Waals surface area contributed by atoms with Gasteiger partial charge in [-0.3, -0.25) is 4.79 Å². The lowest BCUT2D eigenvalue weighted by Gasteiger charge is -2.03. The second kappa shape index (κ2) is 4.45. The molecule has 0 aliphatic heterocycles. The predicted octanol–water partition coefficient (Wildman–Crippen LogP) is 2.60. The summed E-state index contributed by atoms with van der Waals surface area (Å²) in [6.45, 7) is 0. The van der Waals surface area contributed by atoms with Gasteiger partial charge in [0.1, 0.15) is 0 Å². The molecular weight excluding hydrogens is 269 g/mol. The summed E-state index contributed by atoms with van der Waals surface area (Å²) < 4.78 is 0.528. The summed E-state index contributed by atoms with van der Waals surface area (Å²) in [7, 11) is 0. The van der Waals surface area contributed by atoms with Gasteiger partial charge in [0.2, 0.25) is 0 Å². The van der Waals surface area contributed by atoms with Crippen molar-refractivity contribution in [3.63, 3.8) is 0 Å². The van der Waals surface area contributed by atoms with Crippen LogP contribution in [0, 0.1) is 11.3 Å². The van der Waals surface area contributed by atoms with E-state index in [1.807, 2.05) is 6.07 Å². The lowest BCUT2D eigenvalue weighted by atomic mass is 10.1.